The van der Waals surface area contributed by atoms with Crippen LogP contribution in [-0.2, 0) is 16.0 Å². The maximum absolute atomic E-state index is 13.4. The molecule has 5 rings (SSSR count). The summed E-state index contributed by atoms with van der Waals surface area (Å²) in [5, 5.41) is 4.91. The van der Waals surface area contributed by atoms with E-state index in [1.54, 1.807) is 0 Å². The number of ether oxygens (including phenoxy) is 1. The number of nitrogens with one attached hydrogen (secondary N) is 1. The van der Waals surface area contributed by atoms with Gasteiger partial charge in [-0.3, -0.25) is 4.79 Å². The minimum Gasteiger partial charge on any atom is -0.381 e. The fourth-order valence-electron chi connectivity index (χ4n) is 6.83. The number of piperidine rings is 1. The third kappa shape index (κ3) is 4.76. The van der Waals surface area contributed by atoms with E-state index in [4.69, 9.17) is 4.74 Å². The third-order valence-electron chi connectivity index (χ3n) is 8.65. The number of hydrogen-bond acceptors (Lipinski definition) is 3. The van der Waals surface area contributed by atoms with Crippen LogP contribution in [0.4, 0.5) is 0 Å². The van der Waals surface area contributed by atoms with Crippen LogP contribution in [0.1, 0.15) is 81.9 Å². The van der Waals surface area contributed by atoms with Gasteiger partial charge in [0, 0.05) is 54.8 Å². The Morgan fingerprint density at radius 3 is 2.71 bits per heavy atom. The van der Waals surface area contributed by atoms with E-state index in [2.05, 4.69) is 60.1 Å². The normalized spacial score (nSPS) is 29.7. The van der Waals surface area contributed by atoms with Gasteiger partial charge in [-0.05, 0) is 76.6 Å². The first-order valence-electron chi connectivity index (χ1n) is 13.1. The Kier molecular flexibility index (Phi) is 7.95. The average molecular weight is 488 g/mol. The van der Waals surface area contributed by atoms with Crippen molar-refractivity contribution in [2.24, 2.45) is 5.92 Å². The lowest BCUT2D eigenvalue weighted by molar-refractivity contribution is -0.128. The second-order valence-electron chi connectivity index (χ2n) is 11.1. The lowest BCUT2D eigenvalue weighted by Crippen LogP contribution is -2.52. The highest BCUT2D eigenvalue weighted by Gasteiger charge is 2.42. The average Bonchev–Trinajstić information content (AvgIpc) is 3.16. The summed E-state index contributed by atoms with van der Waals surface area (Å²) in [5.41, 5.74) is 4.29. The number of fused-ring (bicyclic) bond motifs is 2. The number of halogens is 1. The van der Waals surface area contributed by atoms with Crippen molar-refractivity contribution in [1.82, 2.24) is 14.8 Å². The smallest absolute Gasteiger partial charge is 0.224 e. The summed E-state index contributed by atoms with van der Waals surface area (Å²) < 4.78 is 8.05. The Balaban J connectivity index is 0.00000274. The first-order valence-corrected chi connectivity index (χ1v) is 13.1. The van der Waals surface area contributed by atoms with Gasteiger partial charge < -0.3 is 19.5 Å². The molecule has 5 nitrogen and oxygen atoms in total. The molecule has 2 heterocycles. The van der Waals surface area contributed by atoms with Gasteiger partial charge in [0.1, 0.15) is 0 Å². The first kappa shape index (κ1) is 25.5. The van der Waals surface area contributed by atoms with E-state index in [1.165, 1.54) is 34.9 Å². The van der Waals surface area contributed by atoms with Gasteiger partial charge in [0.15, 0.2) is 0 Å². The number of methoxy groups -OCH3 is 1. The predicted molar refractivity (Wildman–Crippen MR) is 141 cm³/mol. The first-order chi connectivity index (χ1) is 16.0. The van der Waals surface area contributed by atoms with E-state index in [1.807, 2.05) is 7.11 Å². The molecule has 34 heavy (non-hydrogen) atoms. The van der Waals surface area contributed by atoms with Gasteiger partial charge in [0.2, 0.25) is 5.91 Å². The van der Waals surface area contributed by atoms with E-state index in [0.29, 0.717) is 30.1 Å². The van der Waals surface area contributed by atoms with Gasteiger partial charge in [-0.15, -0.1) is 12.4 Å². The van der Waals surface area contributed by atoms with Gasteiger partial charge in [0.05, 0.1) is 12.0 Å². The quantitative estimate of drug-likeness (QED) is 0.623. The van der Waals surface area contributed by atoms with Crippen LogP contribution in [0.15, 0.2) is 24.4 Å². The van der Waals surface area contributed by atoms with Crippen molar-refractivity contribution in [2.75, 3.05) is 20.7 Å². The van der Waals surface area contributed by atoms with Crippen molar-refractivity contribution in [2.45, 2.75) is 95.4 Å². The number of nitrogens with zero attached hydrogens (tertiary/aromatic N) is 2. The van der Waals surface area contributed by atoms with Crippen LogP contribution in [0.5, 0.6) is 0 Å². The largest absolute Gasteiger partial charge is 0.381 e. The molecule has 1 aromatic heterocycles. The minimum atomic E-state index is 0. The molecule has 188 valence electrons. The molecule has 2 aromatic rings. The van der Waals surface area contributed by atoms with Crippen LogP contribution in [0.2, 0.25) is 0 Å². The molecule has 6 heteroatoms. The van der Waals surface area contributed by atoms with Crippen LogP contribution in [-0.4, -0.2) is 54.3 Å². The summed E-state index contributed by atoms with van der Waals surface area (Å²) >= 11 is 0. The van der Waals surface area contributed by atoms with Gasteiger partial charge in [0.25, 0.3) is 0 Å². The maximum atomic E-state index is 13.4. The molecular weight excluding hydrogens is 446 g/mol. The monoisotopic (exact) mass is 487 g/mol. The van der Waals surface area contributed by atoms with Gasteiger partial charge in [-0.2, -0.15) is 0 Å². The third-order valence-corrected chi connectivity index (χ3v) is 8.65. The van der Waals surface area contributed by atoms with Crippen molar-refractivity contribution in [1.29, 1.82) is 0 Å². The number of hydrogen-bond donors (Lipinski definition) is 1. The minimum absolute atomic E-state index is 0. The Labute approximate surface area is 211 Å². The molecule has 1 saturated carbocycles. The van der Waals surface area contributed by atoms with Crippen molar-refractivity contribution in [3.8, 4) is 0 Å². The zero-order valence-electron chi connectivity index (χ0n) is 21.3. The fourth-order valence-corrected chi connectivity index (χ4v) is 6.83. The van der Waals surface area contributed by atoms with Crippen LogP contribution >= 0.6 is 12.4 Å². The summed E-state index contributed by atoms with van der Waals surface area (Å²) in [6.07, 6.45) is 11.5. The Morgan fingerprint density at radius 2 is 1.94 bits per heavy atom. The molecule has 0 bridgehead atoms. The molecule has 1 aliphatic heterocycles. The Morgan fingerprint density at radius 1 is 1.15 bits per heavy atom. The number of carbonyl (C=O) groups is 1. The molecule has 0 spiro atoms. The number of likely N-dealkylation sites (tertiary alicyclic amines) is 1. The summed E-state index contributed by atoms with van der Waals surface area (Å²) in [6.45, 7) is 5.38. The summed E-state index contributed by atoms with van der Waals surface area (Å²) in [7, 11) is 4.04. The highest BCUT2D eigenvalue weighted by atomic mass is 35.5. The Hall–Kier alpha value is -1.56. The molecule has 2 fully saturated rings. The number of carbonyl (C=O) groups excluding carboxylic acids is 1. The summed E-state index contributed by atoms with van der Waals surface area (Å²) in [6, 6.07) is 8.03. The standard InChI is InChI=1S/C28H41N3O2.ClH/c1-18(2)31-17-19-15-26-24(23-10-7-11-25(31)27(19)23)14-20(16-30(26)3)28(32)29-21-8-5-6-9-22(33-4)13-12-21;/h7,10-11,17-18,20-22,24,26H,5-6,8-9,12-16H2,1-4H3,(H,29,32);1H/t20-,21+,22+,24-,26-;/m1./s1. The summed E-state index contributed by atoms with van der Waals surface area (Å²) in [4.78, 5) is 15.9. The van der Waals surface area contributed by atoms with E-state index >= 15 is 0 Å². The molecule has 1 N–H and O–H groups in total. The summed E-state index contributed by atoms with van der Waals surface area (Å²) in [5.74, 6) is 0.746. The molecule has 2 aliphatic carbocycles. The SMILES string of the molecule is CO[C@H]1CCCC[C@H](NC(=O)[C@@H]2C[C@@H]3c4cccc5c4c(cn5C(C)C)C[C@H]3N(C)C2)CC1.Cl. The molecular formula is C28H42ClN3O2. The molecule has 1 aromatic carbocycles. The lowest BCUT2D eigenvalue weighted by Gasteiger charge is -2.45. The van der Waals surface area contributed by atoms with Gasteiger partial charge in [-0.25, -0.2) is 0 Å². The fraction of sp³-hybridized carbons (Fsp3) is 0.679. The van der Waals surface area contributed by atoms with E-state index in [9.17, 15) is 4.79 Å². The number of rotatable bonds is 4. The van der Waals surface area contributed by atoms with Crippen molar-refractivity contribution >= 4 is 29.2 Å². The molecule has 0 radical (unpaired) electrons. The lowest BCUT2D eigenvalue weighted by atomic mass is 9.72. The molecule has 3 aliphatic rings. The van der Waals surface area contributed by atoms with Crippen molar-refractivity contribution in [3.63, 3.8) is 0 Å². The second-order valence-corrected chi connectivity index (χ2v) is 11.1. The zero-order valence-corrected chi connectivity index (χ0v) is 22.1. The molecule has 0 unspecified atom stereocenters. The van der Waals surface area contributed by atoms with Crippen molar-refractivity contribution < 1.29 is 9.53 Å². The Bertz CT molecular complexity index is 1000. The number of amides is 1. The van der Waals surface area contributed by atoms with Crippen LogP contribution in [0.3, 0.4) is 0 Å². The van der Waals surface area contributed by atoms with Gasteiger partial charge >= 0.3 is 0 Å². The topological polar surface area (TPSA) is 46.5 Å². The number of benzene rings is 1. The van der Waals surface area contributed by atoms with Crippen LogP contribution in [0.25, 0.3) is 10.9 Å². The van der Waals surface area contributed by atoms with Gasteiger partial charge in [-0.1, -0.05) is 25.0 Å². The number of likely N-dealkylation sites (N-methyl/N-ethyl adjacent to an activating group) is 1. The molecule has 5 atom stereocenters. The molecule has 1 saturated heterocycles. The highest BCUT2D eigenvalue weighted by molar-refractivity contribution is 5.89. The van der Waals surface area contributed by atoms with Crippen molar-refractivity contribution in [3.05, 3.63) is 35.5 Å². The van der Waals surface area contributed by atoms with Crippen LogP contribution in [0, 0.1) is 5.92 Å². The molecule has 1 amide bonds. The maximum Gasteiger partial charge on any atom is 0.224 e. The second kappa shape index (κ2) is 10.6. The van der Waals surface area contributed by atoms with Crippen LogP contribution < -0.4 is 5.32 Å². The van der Waals surface area contributed by atoms with E-state index < -0.39 is 0 Å². The zero-order chi connectivity index (χ0) is 23.1. The van der Waals surface area contributed by atoms with E-state index in [-0.39, 0.29) is 24.2 Å². The number of aromatic nitrogens is 1. The van der Waals surface area contributed by atoms with E-state index in [0.717, 1.165) is 45.1 Å². The highest BCUT2D eigenvalue weighted by Crippen LogP contribution is 2.45. The predicted octanol–water partition coefficient (Wildman–Crippen LogP) is 5.46.